The second-order valence-corrected chi connectivity index (χ2v) is 6.70. The maximum atomic E-state index is 14.0. The van der Waals surface area contributed by atoms with Gasteiger partial charge in [-0.05, 0) is 22.6 Å². The molecule has 0 amide bonds. The second kappa shape index (κ2) is 10.1. The van der Waals surface area contributed by atoms with E-state index in [1.54, 1.807) is 22.6 Å². The molecule has 2 heterocycles. The molecule has 10 nitrogen and oxygen atoms in total. The normalized spacial score (nSPS) is 26.5. The number of rotatable bonds is 4. The number of nitrogens with zero attached hydrogens (tertiary/aromatic N) is 1. The molecule has 0 bridgehead atoms. The van der Waals surface area contributed by atoms with E-state index in [1.807, 2.05) is 4.98 Å². The standard InChI is InChI=1S/C9H11FIN2O8P.2Na/c10-5-6(14)4(2-20-22(17,18)19)21-8(5)13-1-3(11)7(15)12-9(13)16;;/h1,4-6,8,14H,2H2,(H,12,15,16)(H2,17,18,19);;/q;2*+1/p-2/t4-,5+,6-,8-;;/m1../s1. The number of aromatic amines is 1. The summed E-state index contributed by atoms with van der Waals surface area (Å²) in [5.74, 6) is 0. The minimum atomic E-state index is -5.31. The molecule has 1 saturated heterocycles. The van der Waals surface area contributed by atoms with Crippen molar-refractivity contribution in [2.75, 3.05) is 6.61 Å². The van der Waals surface area contributed by atoms with E-state index in [0.29, 0.717) is 4.57 Å². The van der Waals surface area contributed by atoms with Crippen molar-refractivity contribution in [2.24, 2.45) is 0 Å². The van der Waals surface area contributed by atoms with Gasteiger partial charge in [-0.15, -0.1) is 0 Å². The van der Waals surface area contributed by atoms with Gasteiger partial charge in [-0.2, -0.15) is 0 Å². The molecule has 24 heavy (non-hydrogen) atoms. The summed E-state index contributed by atoms with van der Waals surface area (Å²) in [6.45, 7) is -0.891. The second-order valence-electron chi connectivity index (χ2n) is 4.39. The molecule has 1 aromatic heterocycles. The van der Waals surface area contributed by atoms with Crippen molar-refractivity contribution in [3.63, 3.8) is 0 Å². The number of aromatic nitrogens is 2. The summed E-state index contributed by atoms with van der Waals surface area (Å²) in [4.78, 5) is 45.6. The minimum Gasteiger partial charge on any atom is -0.790 e. The van der Waals surface area contributed by atoms with Gasteiger partial charge in [-0.25, -0.2) is 9.18 Å². The maximum absolute atomic E-state index is 14.0. The Labute approximate surface area is 192 Å². The van der Waals surface area contributed by atoms with Crippen LogP contribution in [0.1, 0.15) is 6.23 Å². The van der Waals surface area contributed by atoms with Crippen molar-refractivity contribution in [1.82, 2.24) is 9.55 Å². The Balaban J connectivity index is 0.00000264. The van der Waals surface area contributed by atoms with Gasteiger partial charge in [0.05, 0.1) is 18.0 Å². The number of aliphatic hydroxyl groups is 1. The zero-order valence-corrected chi connectivity index (χ0v) is 19.6. The zero-order valence-electron chi connectivity index (χ0n) is 12.5. The van der Waals surface area contributed by atoms with Crippen LogP contribution in [0, 0.1) is 3.57 Å². The van der Waals surface area contributed by atoms with Gasteiger partial charge in [0.25, 0.3) is 5.56 Å². The molecule has 0 aliphatic carbocycles. The number of alkyl halides is 1. The third-order valence-corrected chi connectivity index (χ3v) is 4.12. The van der Waals surface area contributed by atoms with Crippen molar-refractivity contribution < 1.29 is 92.2 Å². The molecule has 4 atom stereocenters. The third-order valence-electron chi connectivity index (χ3n) is 2.89. The quantitative estimate of drug-likeness (QED) is 0.237. The summed E-state index contributed by atoms with van der Waals surface area (Å²) < 4.78 is 34.2. The van der Waals surface area contributed by atoms with E-state index < -0.39 is 50.3 Å². The minimum absolute atomic E-state index is 0. The Morgan fingerprint density at radius 1 is 1.46 bits per heavy atom. The van der Waals surface area contributed by atoms with Crippen LogP contribution in [0.5, 0.6) is 0 Å². The monoisotopic (exact) mass is 496 g/mol. The van der Waals surface area contributed by atoms with E-state index >= 15 is 0 Å². The van der Waals surface area contributed by atoms with Crippen molar-refractivity contribution in [1.29, 1.82) is 0 Å². The van der Waals surface area contributed by atoms with Gasteiger partial charge in [-0.1, -0.05) is 0 Å². The van der Waals surface area contributed by atoms with Crippen molar-refractivity contribution in [3.8, 4) is 0 Å². The number of hydrogen-bond donors (Lipinski definition) is 2. The van der Waals surface area contributed by atoms with E-state index in [9.17, 15) is 33.4 Å². The Hall–Kier alpha value is 1.37. The molecule has 0 radical (unpaired) electrons. The third kappa shape index (κ3) is 6.22. The molecule has 2 N–H and O–H groups in total. The Bertz CT molecular complexity index is 726. The van der Waals surface area contributed by atoms with Crippen LogP contribution in [0.4, 0.5) is 4.39 Å². The van der Waals surface area contributed by atoms with Gasteiger partial charge in [0, 0.05) is 6.20 Å². The van der Waals surface area contributed by atoms with E-state index in [1.165, 1.54) is 0 Å². The van der Waals surface area contributed by atoms with E-state index in [2.05, 4.69) is 4.52 Å². The predicted octanol–water partition coefficient (Wildman–Crippen LogP) is -8.41. The number of halogens is 2. The molecular weight excluding hydrogens is 487 g/mol. The fraction of sp³-hybridized carbons (Fsp3) is 0.556. The summed E-state index contributed by atoms with van der Waals surface area (Å²) >= 11 is 1.61. The van der Waals surface area contributed by atoms with Gasteiger partial charge in [0.2, 0.25) is 0 Å². The van der Waals surface area contributed by atoms with E-state index in [-0.39, 0.29) is 62.7 Å². The summed E-state index contributed by atoms with van der Waals surface area (Å²) in [5, 5.41) is 9.64. The van der Waals surface area contributed by atoms with Crippen molar-refractivity contribution >= 4 is 30.4 Å². The largest absolute Gasteiger partial charge is 1.00 e. The Morgan fingerprint density at radius 2 is 2.04 bits per heavy atom. The molecule has 1 aromatic rings. The van der Waals surface area contributed by atoms with Crippen LogP contribution in [0.25, 0.3) is 0 Å². The molecule has 124 valence electrons. The van der Waals surface area contributed by atoms with Crippen LogP contribution in [-0.2, 0) is 13.8 Å². The van der Waals surface area contributed by atoms with Crippen LogP contribution in [0.2, 0.25) is 0 Å². The molecule has 0 aromatic carbocycles. The van der Waals surface area contributed by atoms with E-state index in [4.69, 9.17) is 4.74 Å². The SMILES string of the molecule is O=c1[nH]c(=O)n([C@@H]2O[C@H](COP(=O)([O-])[O-])[C@@H](O)[C@@H]2F)cc1I.[Na+].[Na+]. The molecule has 15 heteroatoms. The Kier molecular flexibility index (Phi) is 10.6. The molecule has 0 saturated carbocycles. The Morgan fingerprint density at radius 3 is 2.58 bits per heavy atom. The van der Waals surface area contributed by atoms with Crippen molar-refractivity contribution in [3.05, 3.63) is 30.6 Å². The molecule has 1 fully saturated rings. The first kappa shape index (κ1) is 25.4. The first-order valence-electron chi connectivity index (χ1n) is 5.75. The summed E-state index contributed by atoms with van der Waals surface area (Å²) in [7, 11) is -5.31. The van der Waals surface area contributed by atoms with Gasteiger partial charge < -0.3 is 28.7 Å². The maximum Gasteiger partial charge on any atom is 1.00 e. The first-order chi connectivity index (χ1) is 10.1. The van der Waals surface area contributed by atoms with Crippen LogP contribution >= 0.6 is 30.4 Å². The van der Waals surface area contributed by atoms with Crippen molar-refractivity contribution in [2.45, 2.75) is 24.6 Å². The van der Waals surface area contributed by atoms with Gasteiger partial charge in [0.15, 0.2) is 12.4 Å². The fourth-order valence-corrected chi connectivity index (χ4v) is 2.64. The topological polar surface area (TPSA) is 157 Å². The molecule has 0 unspecified atom stereocenters. The first-order valence-corrected chi connectivity index (χ1v) is 8.29. The molecule has 1 aliphatic rings. The van der Waals surface area contributed by atoms with E-state index in [0.717, 1.165) is 6.20 Å². The molecule has 1 aliphatic heterocycles. The zero-order chi connectivity index (χ0) is 16.7. The summed E-state index contributed by atoms with van der Waals surface area (Å²) in [6.07, 6.45) is -5.94. The summed E-state index contributed by atoms with van der Waals surface area (Å²) in [6, 6.07) is 0. The van der Waals surface area contributed by atoms with Crippen LogP contribution < -0.4 is 80.2 Å². The van der Waals surface area contributed by atoms with Gasteiger partial charge >= 0.3 is 64.8 Å². The molecule has 2 rings (SSSR count). The number of phosphoric ester groups is 1. The summed E-state index contributed by atoms with van der Waals surface area (Å²) in [5.41, 5.74) is -1.64. The number of aliphatic hydroxyl groups excluding tert-OH is 1. The van der Waals surface area contributed by atoms with Gasteiger partial charge in [-0.3, -0.25) is 14.3 Å². The average molecular weight is 496 g/mol. The van der Waals surface area contributed by atoms with Crippen LogP contribution in [-0.4, -0.2) is 39.6 Å². The number of ether oxygens (including phenoxy) is 1. The number of hydrogen-bond acceptors (Lipinski definition) is 8. The predicted molar refractivity (Wildman–Crippen MR) is 72.4 cm³/mol. The fourth-order valence-electron chi connectivity index (χ4n) is 1.88. The van der Waals surface area contributed by atoms with Crippen LogP contribution in [0.15, 0.2) is 15.8 Å². The molecule has 0 spiro atoms. The number of H-pyrrole nitrogens is 1. The van der Waals surface area contributed by atoms with Crippen LogP contribution in [0.3, 0.4) is 0 Å². The number of phosphoric acid groups is 1. The molecular formula is C9H9FIN2Na2O8P. The smallest absolute Gasteiger partial charge is 0.790 e. The average Bonchev–Trinajstić information content (AvgIpc) is 2.68. The number of nitrogens with one attached hydrogen (secondary N) is 1. The van der Waals surface area contributed by atoms with Gasteiger partial charge in [0.1, 0.15) is 12.2 Å².